The molecule has 0 saturated heterocycles. The summed E-state index contributed by atoms with van der Waals surface area (Å²) < 4.78 is 1.86. The van der Waals surface area contributed by atoms with Crippen LogP contribution < -0.4 is 10.6 Å². The number of amides is 2. The molecule has 2 N–H and O–H groups in total. The van der Waals surface area contributed by atoms with Gasteiger partial charge in [-0.05, 0) is 36.6 Å². The van der Waals surface area contributed by atoms with Gasteiger partial charge in [0.1, 0.15) is 0 Å². The SMILES string of the molecule is Cc1cnn(CCCNC(=O)NCc2ccc(Cl)cc2Cl)c1. The fourth-order valence-corrected chi connectivity index (χ4v) is 2.41. The average molecular weight is 341 g/mol. The van der Waals surface area contributed by atoms with Crippen LogP contribution in [0.4, 0.5) is 4.79 Å². The molecule has 118 valence electrons. The first-order chi connectivity index (χ1) is 10.5. The molecule has 0 bridgehead atoms. The van der Waals surface area contributed by atoms with Gasteiger partial charge in [0.2, 0.25) is 0 Å². The van der Waals surface area contributed by atoms with Gasteiger partial charge in [0.25, 0.3) is 0 Å². The standard InChI is InChI=1S/C15H18Cl2N4O/c1-11-8-20-21(10-11)6-2-5-18-15(22)19-9-12-3-4-13(16)7-14(12)17/h3-4,7-8,10H,2,5-6,9H2,1H3,(H2,18,19,22). The monoisotopic (exact) mass is 340 g/mol. The Balaban J connectivity index is 1.65. The molecule has 7 heteroatoms. The Bertz CT molecular complexity index is 642. The van der Waals surface area contributed by atoms with E-state index in [0.29, 0.717) is 23.1 Å². The molecule has 1 heterocycles. The van der Waals surface area contributed by atoms with Crippen LogP contribution >= 0.6 is 23.2 Å². The highest BCUT2D eigenvalue weighted by molar-refractivity contribution is 6.35. The third kappa shape index (κ3) is 5.24. The predicted molar refractivity (Wildman–Crippen MR) is 88.3 cm³/mol. The maximum Gasteiger partial charge on any atom is 0.315 e. The summed E-state index contributed by atoms with van der Waals surface area (Å²) in [5.74, 6) is 0. The molecular formula is C15H18Cl2N4O. The van der Waals surface area contributed by atoms with E-state index < -0.39 is 0 Å². The average Bonchev–Trinajstić information content (AvgIpc) is 2.88. The summed E-state index contributed by atoms with van der Waals surface area (Å²) in [6, 6.07) is 4.98. The van der Waals surface area contributed by atoms with E-state index in [1.165, 1.54) is 0 Å². The molecule has 0 saturated carbocycles. The van der Waals surface area contributed by atoms with Gasteiger partial charge in [0.15, 0.2) is 0 Å². The number of aryl methyl sites for hydroxylation is 2. The van der Waals surface area contributed by atoms with Crippen molar-refractivity contribution in [2.45, 2.75) is 26.4 Å². The smallest absolute Gasteiger partial charge is 0.315 e. The molecule has 0 atom stereocenters. The minimum absolute atomic E-state index is 0.220. The second kappa shape index (κ2) is 8.06. The van der Waals surface area contributed by atoms with E-state index in [1.807, 2.05) is 24.0 Å². The number of carbonyl (C=O) groups excluding carboxylic acids is 1. The third-order valence-electron chi connectivity index (χ3n) is 3.07. The summed E-state index contributed by atoms with van der Waals surface area (Å²) in [5.41, 5.74) is 1.96. The number of nitrogens with zero attached hydrogens (tertiary/aromatic N) is 2. The molecule has 2 amide bonds. The molecule has 0 aliphatic carbocycles. The first kappa shape index (κ1) is 16.6. The molecule has 0 aliphatic heterocycles. The van der Waals surface area contributed by atoms with E-state index in [9.17, 15) is 4.79 Å². The van der Waals surface area contributed by atoms with Gasteiger partial charge in [-0.3, -0.25) is 4.68 Å². The third-order valence-corrected chi connectivity index (χ3v) is 3.65. The number of nitrogens with one attached hydrogen (secondary N) is 2. The topological polar surface area (TPSA) is 59.0 Å². The van der Waals surface area contributed by atoms with Crippen molar-refractivity contribution in [3.8, 4) is 0 Å². The minimum atomic E-state index is -0.220. The van der Waals surface area contributed by atoms with Crippen molar-refractivity contribution in [2.24, 2.45) is 0 Å². The quantitative estimate of drug-likeness (QED) is 0.792. The Labute approximate surface area is 139 Å². The zero-order valence-electron chi connectivity index (χ0n) is 12.3. The van der Waals surface area contributed by atoms with E-state index in [1.54, 1.807) is 18.2 Å². The molecule has 0 radical (unpaired) electrons. The van der Waals surface area contributed by atoms with Gasteiger partial charge >= 0.3 is 6.03 Å². The van der Waals surface area contributed by atoms with Gasteiger partial charge in [0.05, 0.1) is 6.20 Å². The number of rotatable bonds is 6. The van der Waals surface area contributed by atoms with Gasteiger partial charge in [-0.1, -0.05) is 29.3 Å². The number of aromatic nitrogens is 2. The molecule has 1 aromatic carbocycles. The molecule has 0 spiro atoms. The summed E-state index contributed by atoms with van der Waals surface area (Å²) in [6.07, 6.45) is 4.61. The van der Waals surface area contributed by atoms with Crippen molar-refractivity contribution in [3.63, 3.8) is 0 Å². The van der Waals surface area contributed by atoms with Crippen molar-refractivity contribution < 1.29 is 4.79 Å². The molecular weight excluding hydrogens is 323 g/mol. The van der Waals surface area contributed by atoms with Crippen molar-refractivity contribution in [1.29, 1.82) is 0 Å². The van der Waals surface area contributed by atoms with Crippen LogP contribution in [0.5, 0.6) is 0 Å². The summed E-state index contributed by atoms with van der Waals surface area (Å²) in [7, 11) is 0. The normalized spacial score (nSPS) is 10.5. The van der Waals surface area contributed by atoms with E-state index in [0.717, 1.165) is 24.1 Å². The second-order valence-electron chi connectivity index (χ2n) is 4.98. The van der Waals surface area contributed by atoms with E-state index >= 15 is 0 Å². The highest BCUT2D eigenvalue weighted by Crippen LogP contribution is 2.20. The van der Waals surface area contributed by atoms with Crippen molar-refractivity contribution in [1.82, 2.24) is 20.4 Å². The van der Waals surface area contributed by atoms with Gasteiger partial charge in [-0.2, -0.15) is 5.10 Å². The lowest BCUT2D eigenvalue weighted by Gasteiger charge is -2.09. The van der Waals surface area contributed by atoms with Crippen LogP contribution in [-0.2, 0) is 13.1 Å². The number of hydrogen-bond donors (Lipinski definition) is 2. The summed E-state index contributed by atoms with van der Waals surface area (Å²) in [5, 5.41) is 10.9. The second-order valence-corrected chi connectivity index (χ2v) is 5.82. The predicted octanol–water partition coefficient (Wildman–Crippen LogP) is 3.39. The maximum absolute atomic E-state index is 11.7. The Morgan fingerprint density at radius 1 is 1.32 bits per heavy atom. The Kier molecular flexibility index (Phi) is 6.10. The number of urea groups is 1. The lowest BCUT2D eigenvalue weighted by Crippen LogP contribution is -2.35. The lowest BCUT2D eigenvalue weighted by molar-refractivity contribution is 0.240. The van der Waals surface area contributed by atoms with Crippen LogP contribution in [0.15, 0.2) is 30.6 Å². The van der Waals surface area contributed by atoms with Crippen LogP contribution in [0, 0.1) is 6.92 Å². The zero-order valence-corrected chi connectivity index (χ0v) is 13.8. The summed E-state index contributed by atoms with van der Waals surface area (Å²) in [6.45, 7) is 3.72. The van der Waals surface area contributed by atoms with Crippen LogP contribution in [0.2, 0.25) is 10.0 Å². The number of benzene rings is 1. The van der Waals surface area contributed by atoms with Gasteiger partial charge in [-0.15, -0.1) is 0 Å². The highest BCUT2D eigenvalue weighted by atomic mass is 35.5. The first-order valence-corrected chi connectivity index (χ1v) is 7.75. The molecule has 2 aromatic rings. The first-order valence-electron chi connectivity index (χ1n) is 6.99. The molecule has 0 fully saturated rings. The van der Waals surface area contributed by atoms with E-state index in [-0.39, 0.29) is 6.03 Å². The van der Waals surface area contributed by atoms with Gasteiger partial charge < -0.3 is 10.6 Å². The van der Waals surface area contributed by atoms with Gasteiger partial charge in [-0.25, -0.2) is 4.79 Å². The Morgan fingerprint density at radius 3 is 2.82 bits per heavy atom. The van der Waals surface area contributed by atoms with E-state index in [4.69, 9.17) is 23.2 Å². The lowest BCUT2D eigenvalue weighted by atomic mass is 10.2. The highest BCUT2D eigenvalue weighted by Gasteiger charge is 2.04. The van der Waals surface area contributed by atoms with Crippen molar-refractivity contribution in [2.75, 3.05) is 6.54 Å². The summed E-state index contributed by atoms with van der Waals surface area (Å²) in [4.78, 5) is 11.7. The molecule has 0 unspecified atom stereocenters. The van der Waals surface area contributed by atoms with Crippen LogP contribution in [0.25, 0.3) is 0 Å². The molecule has 0 aliphatic rings. The van der Waals surface area contributed by atoms with Crippen LogP contribution in [0.3, 0.4) is 0 Å². The molecule has 1 aromatic heterocycles. The van der Waals surface area contributed by atoms with Gasteiger partial charge in [0, 0.05) is 35.9 Å². The molecule has 22 heavy (non-hydrogen) atoms. The Morgan fingerprint density at radius 2 is 2.14 bits per heavy atom. The maximum atomic E-state index is 11.7. The largest absolute Gasteiger partial charge is 0.338 e. The van der Waals surface area contributed by atoms with E-state index in [2.05, 4.69) is 15.7 Å². The zero-order chi connectivity index (χ0) is 15.9. The number of carbonyl (C=O) groups is 1. The fraction of sp³-hybridized carbons (Fsp3) is 0.333. The Hall–Kier alpha value is -1.72. The molecule has 5 nitrogen and oxygen atoms in total. The van der Waals surface area contributed by atoms with Crippen LogP contribution in [-0.4, -0.2) is 22.4 Å². The number of hydrogen-bond acceptors (Lipinski definition) is 2. The molecule has 2 rings (SSSR count). The fourth-order valence-electron chi connectivity index (χ4n) is 1.94. The minimum Gasteiger partial charge on any atom is -0.338 e. The van der Waals surface area contributed by atoms with Crippen molar-refractivity contribution in [3.05, 3.63) is 51.8 Å². The van der Waals surface area contributed by atoms with Crippen molar-refractivity contribution >= 4 is 29.2 Å². The number of halogens is 2. The summed E-state index contributed by atoms with van der Waals surface area (Å²) >= 11 is 11.9. The van der Waals surface area contributed by atoms with Crippen LogP contribution in [0.1, 0.15) is 17.5 Å².